The highest BCUT2D eigenvalue weighted by atomic mass is 16.5. The molecule has 0 radical (unpaired) electrons. The van der Waals surface area contributed by atoms with Crippen molar-refractivity contribution in [2.24, 2.45) is 11.3 Å². The van der Waals surface area contributed by atoms with Crippen LogP contribution >= 0.6 is 0 Å². The van der Waals surface area contributed by atoms with Crippen molar-refractivity contribution in [3.63, 3.8) is 0 Å². The number of aliphatic hydroxyl groups is 1. The summed E-state index contributed by atoms with van der Waals surface area (Å²) in [6, 6.07) is 0. The molecule has 0 rings (SSSR count). The topological polar surface area (TPSA) is 41.5 Å². The third-order valence-corrected chi connectivity index (χ3v) is 3.76. The predicted octanol–water partition coefficient (Wildman–Crippen LogP) is 3.22. The molecule has 0 spiro atoms. The zero-order valence-electron chi connectivity index (χ0n) is 13.7. The summed E-state index contributed by atoms with van der Waals surface area (Å²) >= 11 is 0. The molecule has 2 atom stereocenters. The fourth-order valence-electron chi connectivity index (χ4n) is 1.68. The summed E-state index contributed by atoms with van der Waals surface area (Å²) in [4.78, 5) is 0. The molecule has 0 fully saturated rings. The van der Waals surface area contributed by atoms with Crippen LogP contribution in [0.15, 0.2) is 0 Å². The van der Waals surface area contributed by atoms with Gasteiger partial charge in [-0.3, -0.25) is 0 Å². The molecule has 3 nitrogen and oxygen atoms in total. The van der Waals surface area contributed by atoms with Gasteiger partial charge in [-0.2, -0.15) is 0 Å². The number of nitrogens with one attached hydrogen (secondary N) is 1. The smallest absolute Gasteiger partial charge is 0.0897 e. The van der Waals surface area contributed by atoms with Gasteiger partial charge in [-0.15, -0.1) is 0 Å². The molecule has 0 saturated carbocycles. The van der Waals surface area contributed by atoms with E-state index in [1.165, 1.54) is 19.3 Å². The number of hydrogen-bond acceptors (Lipinski definition) is 3. The van der Waals surface area contributed by atoms with Crippen LogP contribution < -0.4 is 5.32 Å². The molecule has 0 aliphatic rings. The van der Waals surface area contributed by atoms with Crippen LogP contribution in [0.1, 0.15) is 60.3 Å². The molecule has 0 aliphatic heterocycles. The fourth-order valence-corrected chi connectivity index (χ4v) is 1.68. The minimum atomic E-state index is -0.390. The Bertz CT molecular complexity index is 201. The monoisotopic (exact) mass is 273 g/mol. The van der Waals surface area contributed by atoms with Gasteiger partial charge in [-0.05, 0) is 24.3 Å². The average molecular weight is 273 g/mol. The molecular weight excluding hydrogens is 238 g/mol. The van der Waals surface area contributed by atoms with E-state index in [-0.39, 0.29) is 0 Å². The first-order chi connectivity index (χ1) is 8.88. The minimum Gasteiger partial charge on any atom is -0.389 e. The molecule has 19 heavy (non-hydrogen) atoms. The van der Waals surface area contributed by atoms with E-state index in [9.17, 15) is 5.11 Å². The molecule has 0 bridgehead atoms. The first kappa shape index (κ1) is 18.9. The Morgan fingerprint density at radius 2 is 1.79 bits per heavy atom. The highest BCUT2D eigenvalue weighted by Gasteiger charge is 2.19. The number of hydrogen-bond donors (Lipinski definition) is 2. The first-order valence-corrected chi connectivity index (χ1v) is 7.84. The Kier molecular flexibility index (Phi) is 10.6. The van der Waals surface area contributed by atoms with Gasteiger partial charge < -0.3 is 15.2 Å². The van der Waals surface area contributed by atoms with Crippen LogP contribution in [0.2, 0.25) is 0 Å². The van der Waals surface area contributed by atoms with Crippen molar-refractivity contribution in [1.29, 1.82) is 0 Å². The lowest BCUT2D eigenvalue weighted by Gasteiger charge is -2.27. The molecule has 2 unspecified atom stereocenters. The largest absolute Gasteiger partial charge is 0.389 e. The van der Waals surface area contributed by atoms with Crippen LogP contribution in [-0.4, -0.2) is 37.5 Å². The first-order valence-electron chi connectivity index (χ1n) is 7.84. The summed E-state index contributed by atoms with van der Waals surface area (Å²) in [5, 5.41) is 13.1. The third kappa shape index (κ3) is 11.4. The summed E-state index contributed by atoms with van der Waals surface area (Å²) in [5.41, 5.74) is 0.313. The molecule has 0 saturated heterocycles. The van der Waals surface area contributed by atoms with Crippen molar-refractivity contribution >= 4 is 0 Å². The number of aliphatic hydroxyl groups excluding tert-OH is 1. The molecule has 3 heteroatoms. The van der Waals surface area contributed by atoms with Gasteiger partial charge in [0.15, 0.2) is 0 Å². The lowest BCUT2D eigenvalue weighted by Crippen LogP contribution is -2.36. The van der Waals surface area contributed by atoms with E-state index in [1.807, 2.05) is 0 Å². The van der Waals surface area contributed by atoms with E-state index in [4.69, 9.17) is 4.74 Å². The average Bonchev–Trinajstić information content (AvgIpc) is 2.32. The lowest BCUT2D eigenvalue weighted by atomic mass is 9.82. The van der Waals surface area contributed by atoms with E-state index < -0.39 is 6.10 Å². The maximum absolute atomic E-state index is 9.78. The Morgan fingerprint density at radius 3 is 2.37 bits per heavy atom. The molecule has 2 N–H and O–H groups in total. The summed E-state index contributed by atoms with van der Waals surface area (Å²) < 4.78 is 5.48. The van der Waals surface area contributed by atoms with Crippen molar-refractivity contribution in [2.45, 2.75) is 66.4 Å². The SMILES string of the molecule is CCCCCCOCC(O)CNCC(C)C(C)(C)C. The molecule has 0 amide bonds. The van der Waals surface area contributed by atoms with Gasteiger partial charge in [0.1, 0.15) is 0 Å². The Hall–Kier alpha value is -0.120. The van der Waals surface area contributed by atoms with Crippen LogP contribution in [0.3, 0.4) is 0 Å². The van der Waals surface area contributed by atoms with E-state index in [0.29, 0.717) is 24.5 Å². The van der Waals surface area contributed by atoms with Gasteiger partial charge in [-0.1, -0.05) is 53.9 Å². The van der Waals surface area contributed by atoms with Crippen molar-refractivity contribution in [3.05, 3.63) is 0 Å². The van der Waals surface area contributed by atoms with Gasteiger partial charge >= 0.3 is 0 Å². The molecule has 0 aromatic carbocycles. The second-order valence-electron chi connectivity index (χ2n) is 6.71. The maximum Gasteiger partial charge on any atom is 0.0897 e. The van der Waals surface area contributed by atoms with Crippen LogP contribution in [0.5, 0.6) is 0 Å². The summed E-state index contributed by atoms with van der Waals surface area (Å²) in [7, 11) is 0. The fraction of sp³-hybridized carbons (Fsp3) is 1.00. The van der Waals surface area contributed by atoms with Crippen molar-refractivity contribution < 1.29 is 9.84 Å². The Labute approximate surface area is 120 Å². The summed E-state index contributed by atoms with van der Waals surface area (Å²) in [6.07, 6.45) is 4.47. The highest BCUT2D eigenvalue weighted by molar-refractivity contribution is 4.72. The van der Waals surface area contributed by atoms with Gasteiger partial charge in [0.2, 0.25) is 0 Å². The third-order valence-electron chi connectivity index (χ3n) is 3.76. The second-order valence-corrected chi connectivity index (χ2v) is 6.71. The molecule has 0 heterocycles. The van der Waals surface area contributed by atoms with Gasteiger partial charge in [0.25, 0.3) is 0 Å². The van der Waals surface area contributed by atoms with Crippen LogP contribution in [-0.2, 0) is 4.74 Å². The van der Waals surface area contributed by atoms with Crippen LogP contribution in [0.25, 0.3) is 0 Å². The standard InChI is InChI=1S/C16H35NO2/c1-6-7-8-9-10-19-13-15(18)12-17-11-14(2)16(3,4)5/h14-15,17-18H,6-13H2,1-5H3. The zero-order chi connectivity index (χ0) is 14.7. The molecule has 0 aliphatic carbocycles. The van der Waals surface area contributed by atoms with E-state index in [0.717, 1.165) is 19.6 Å². The number of rotatable bonds is 11. The van der Waals surface area contributed by atoms with Crippen molar-refractivity contribution in [2.75, 3.05) is 26.3 Å². The molecule has 0 aromatic heterocycles. The summed E-state index contributed by atoms with van der Waals surface area (Å²) in [5.74, 6) is 0.592. The molecule has 0 aromatic rings. The van der Waals surface area contributed by atoms with Gasteiger partial charge in [-0.25, -0.2) is 0 Å². The van der Waals surface area contributed by atoms with Crippen LogP contribution in [0.4, 0.5) is 0 Å². The zero-order valence-corrected chi connectivity index (χ0v) is 13.7. The van der Waals surface area contributed by atoms with E-state index in [1.54, 1.807) is 0 Å². The Morgan fingerprint density at radius 1 is 1.11 bits per heavy atom. The van der Waals surface area contributed by atoms with Crippen LogP contribution in [0, 0.1) is 11.3 Å². The predicted molar refractivity (Wildman–Crippen MR) is 82.5 cm³/mol. The molecular formula is C16H35NO2. The van der Waals surface area contributed by atoms with Crippen molar-refractivity contribution in [1.82, 2.24) is 5.32 Å². The van der Waals surface area contributed by atoms with Crippen molar-refractivity contribution in [3.8, 4) is 0 Å². The Balaban J connectivity index is 3.42. The molecule has 116 valence electrons. The van der Waals surface area contributed by atoms with Gasteiger partial charge in [0, 0.05) is 13.2 Å². The number of ether oxygens (including phenoxy) is 1. The normalized spacial score (nSPS) is 15.5. The maximum atomic E-state index is 9.78. The quantitative estimate of drug-likeness (QED) is 0.568. The van der Waals surface area contributed by atoms with E-state index in [2.05, 4.69) is 39.9 Å². The lowest BCUT2D eigenvalue weighted by molar-refractivity contribution is 0.0345. The number of unbranched alkanes of at least 4 members (excludes halogenated alkanes) is 3. The van der Waals surface area contributed by atoms with E-state index >= 15 is 0 Å². The summed E-state index contributed by atoms with van der Waals surface area (Å²) in [6.45, 7) is 14.0. The second kappa shape index (κ2) is 10.6. The highest BCUT2D eigenvalue weighted by Crippen LogP contribution is 2.24. The minimum absolute atomic E-state index is 0.313. The van der Waals surface area contributed by atoms with Gasteiger partial charge in [0.05, 0.1) is 12.7 Å².